The monoisotopic (exact) mass is 221 g/mol. The number of hydrogen-bond donors (Lipinski definition) is 1. The first kappa shape index (κ1) is 10.9. The molecule has 2 heterocycles. The summed E-state index contributed by atoms with van der Waals surface area (Å²) in [6.07, 6.45) is 6.61. The van der Waals surface area contributed by atoms with Gasteiger partial charge < -0.3 is 10.0 Å². The van der Waals surface area contributed by atoms with Gasteiger partial charge in [0.05, 0.1) is 6.42 Å². The van der Waals surface area contributed by atoms with Crippen LogP contribution in [0.4, 0.5) is 5.95 Å². The lowest BCUT2D eigenvalue weighted by atomic mass is 10.00. The molecule has 1 unspecified atom stereocenters. The molecule has 1 aromatic rings. The quantitative estimate of drug-likeness (QED) is 0.833. The van der Waals surface area contributed by atoms with Crippen LogP contribution in [-0.4, -0.2) is 33.6 Å². The fourth-order valence-corrected chi connectivity index (χ4v) is 2.12. The second-order valence-electron chi connectivity index (χ2n) is 3.99. The molecular formula is C11H15N3O2. The number of carbonyl (C=O) groups is 1. The van der Waals surface area contributed by atoms with Crippen LogP contribution < -0.4 is 4.90 Å². The first-order valence-electron chi connectivity index (χ1n) is 5.53. The second-order valence-corrected chi connectivity index (χ2v) is 3.99. The van der Waals surface area contributed by atoms with Crippen LogP contribution >= 0.6 is 0 Å². The van der Waals surface area contributed by atoms with E-state index in [0.717, 1.165) is 25.8 Å². The number of aromatic nitrogens is 2. The standard InChI is InChI=1S/C11H15N3O2/c15-10(16)8-9-4-1-2-7-14(9)11-12-5-3-6-13-11/h3,5-6,9H,1-2,4,7-8H2,(H,15,16). The Bertz CT molecular complexity index is 356. The summed E-state index contributed by atoms with van der Waals surface area (Å²) in [4.78, 5) is 21.2. The highest BCUT2D eigenvalue weighted by molar-refractivity contribution is 5.68. The van der Waals surface area contributed by atoms with Crippen molar-refractivity contribution >= 4 is 11.9 Å². The van der Waals surface area contributed by atoms with E-state index in [1.165, 1.54) is 0 Å². The van der Waals surface area contributed by atoms with Crippen LogP contribution in [0.2, 0.25) is 0 Å². The number of carboxylic acids is 1. The Morgan fingerprint density at radius 1 is 1.44 bits per heavy atom. The molecule has 5 nitrogen and oxygen atoms in total. The highest BCUT2D eigenvalue weighted by atomic mass is 16.4. The molecule has 0 radical (unpaired) electrons. The van der Waals surface area contributed by atoms with E-state index in [4.69, 9.17) is 5.11 Å². The summed E-state index contributed by atoms with van der Waals surface area (Å²) in [5.41, 5.74) is 0. The number of rotatable bonds is 3. The Kier molecular flexibility index (Phi) is 3.34. The van der Waals surface area contributed by atoms with Crippen LogP contribution in [-0.2, 0) is 4.79 Å². The number of aliphatic carboxylic acids is 1. The van der Waals surface area contributed by atoms with Gasteiger partial charge in [0.2, 0.25) is 5.95 Å². The van der Waals surface area contributed by atoms with Gasteiger partial charge in [0.15, 0.2) is 0 Å². The van der Waals surface area contributed by atoms with E-state index >= 15 is 0 Å². The number of anilines is 1. The molecule has 1 N–H and O–H groups in total. The lowest BCUT2D eigenvalue weighted by Gasteiger charge is -2.34. The summed E-state index contributed by atoms with van der Waals surface area (Å²) in [6, 6.07) is 1.80. The summed E-state index contributed by atoms with van der Waals surface area (Å²) in [5, 5.41) is 8.86. The van der Waals surface area contributed by atoms with Gasteiger partial charge in [-0.05, 0) is 25.3 Å². The zero-order valence-corrected chi connectivity index (χ0v) is 9.04. The van der Waals surface area contributed by atoms with Crippen LogP contribution in [0.25, 0.3) is 0 Å². The predicted molar refractivity (Wildman–Crippen MR) is 59.3 cm³/mol. The Balaban J connectivity index is 2.13. The minimum Gasteiger partial charge on any atom is -0.481 e. The minimum absolute atomic E-state index is 0.0358. The summed E-state index contributed by atoms with van der Waals surface area (Å²) < 4.78 is 0. The van der Waals surface area contributed by atoms with Gasteiger partial charge in [-0.2, -0.15) is 0 Å². The fourth-order valence-electron chi connectivity index (χ4n) is 2.12. The number of hydrogen-bond acceptors (Lipinski definition) is 4. The third kappa shape index (κ3) is 2.48. The van der Waals surface area contributed by atoms with Gasteiger partial charge in [-0.1, -0.05) is 0 Å². The van der Waals surface area contributed by atoms with Crippen LogP contribution in [0, 0.1) is 0 Å². The molecule has 0 spiro atoms. The summed E-state index contributed by atoms with van der Waals surface area (Å²) >= 11 is 0. The lowest BCUT2D eigenvalue weighted by molar-refractivity contribution is -0.137. The molecule has 1 atom stereocenters. The molecule has 1 fully saturated rings. The smallest absolute Gasteiger partial charge is 0.305 e. The van der Waals surface area contributed by atoms with Crippen LogP contribution in [0.1, 0.15) is 25.7 Å². The fraction of sp³-hybridized carbons (Fsp3) is 0.545. The van der Waals surface area contributed by atoms with Crippen molar-refractivity contribution in [2.45, 2.75) is 31.7 Å². The van der Waals surface area contributed by atoms with Crippen molar-refractivity contribution in [2.75, 3.05) is 11.4 Å². The highest BCUT2D eigenvalue weighted by Crippen LogP contribution is 2.23. The molecule has 0 saturated carbocycles. The van der Waals surface area contributed by atoms with Crippen LogP contribution in [0.5, 0.6) is 0 Å². The topological polar surface area (TPSA) is 66.3 Å². The molecule has 5 heteroatoms. The Labute approximate surface area is 94.1 Å². The van der Waals surface area contributed by atoms with Crippen molar-refractivity contribution in [2.24, 2.45) is 0 Å². The van der Waals surface area contributed by atoms with E-state index in [-0.39, 0.29) is 12.5 Å². The summed E-state index contributed by atoms with van der Waals surface area (Å²) in [7, 11) is 0. The summed E-state index contributed by atoms with van der Waals surface area (Å²) in [6.45, 7) is 0.849. The first-order chi connectivity index (χ1) is 7.77. The molecule has 0 aromatic carbocycles. The normalized spacial score (nSPS) is 20.8. The van der Waals surface area contributed by atoms with Crippen LogP contribution in [0.15, 0.2) is 18.5 Å². The van der Waals surface area contributed by atoms with Crippen LogP contribution in [0.3, 0.4) is 0 Å². The molecule has 0 bridgehead atoms. The maximum Gasteiger partial charge on any atom is 0.305 e. The molecule has 2 rings (SSSR count). The van der Waals surface area contributed by atoms with E-state index in [9.17, 15) is 4.79 Å². The largest absolute Gasteiger partial charge is 0.481 e. The average molecular weight is 221 g/mol. The molecule has 1 aliphatic rings. The van der Waals surface area contributed by atoms with Crippen molar-refractivity contribution in [3.8, 4) is 0 Å². The second kappa shape index (κ2) is 4.92. The van der Waals surface area contributed by atoms with Crippen molar-refractivity contribution in [1.82, 2.24) is 9.97 Å². The third-order valence-corrected chi connectivity index (χ3v) is 2.85. The molecule has 16 heavy (non-hydrogen) atoms. The lowest BCUT2D eigenvalue weighted by Crippen LogP contribution is -2.41. The number of nitrogens with zero attached hydrogens (tertiary/aromatic N) is 3. The summed E-state index contributed by atoms with van der Waals surface area (Å²) in [5.74, 6) is -0.110. The number of carboxylic acid groups (broad SMARTS) is 1. The van der Waals surface area contributed by atoms with E-state index < -0.39 is 5.97 Å². The van der Waals surface area contributed by atoms with Crippen molar-refractivity contribution in [3.63, 3.8) is 0 Å². The Morgan fingerprint density at radius 3 is 2.88 bits per heavy atom. The van der Waals surface area contributed by atoms with Gasteiger partial charge in [0, 0.05) is 25.0 Å². The Morgan fingerprint density at radius 2 is 2.19 bits per heavy atom. The first-order valence-corrected chi connectivity index (χ1v) is 5.53. The zero-order chi connectivity index (χ0) is 11.4. The maximum absolute atomic E-state index is 10.8. The van der Waals surface area contributed by atoms with Gasteiger partial charge in [0.25, 0.3) is 0 Å². The molecule has 1 aliphatic heterocycles. The maximum atomic E-state index is 10.8. The van der Waals surface area contributed by atoms with E-state index in [0.29, 0.717) is 5.95 Å². The van der Waals surface area contributed by atoms with Gasteiger partial charge in [0.1, 0.15) is 0 Å². The minimum atomic E-state index is -0.757. The molecule has 86 valence electrons. The van der Waals surface area contributed by atoms with Crippen molar-refractivity contribution in [3.05, 3.63) is 18.5 Å². The van der Waals surface area contributed by atoms with E-state index in [1.54, 1.807) is 18.5 Å². The molecule has 0 amide bonds. The SMILES string of the molecule is O=C(O)CC1CCCCN1c1ncccn1. The Hall–Kier alpha value is -1.65. The van der Waals surface area contributed by atoms with Crippen molar-refractivity contribution < 1.29 is 9.90 Å². The van der Waals surface area contributed by atoms with E-state index in [2.05, 4.69) is 9.97 Å². The molecule has 0 aliphatic carbocycles. The van der Waals surface area contributed by atoms with Gasteiger partial charge in [-0.3, -0.25) is 4.79 Å². The molecule has 1 aromatic heterocycles. The average Bonchev–Trinajstić information content (AvgIpc) is 2.30. The number of piperidine rings is 1. The van der Waals surface area contributed by atoms with E-state index in [1.807, 2.05) is 4.90 Å². The van der Waals surface area contributed by atoms with Gasteiger partial charge in [-0.15, -0.1) is 0 Å². The van der Waals surface area contributed by atoms with Gasteiger partial charge in [-0.25, -0.2) is 9.97 Å². The molecule has 1 saturated heterocycles. The highest BCUT2D eigenvalue weighted by Gasteiger charge is 2.26. The third-order valence-electron chi connectivity index (χ3n) is 2.85. The van der Waals surface area contributed by atoms with Gasteiger partial charge >= 0.3 is 5.97 Å². The predicted octanol–water partition coefficient (Wildman–Crippen LogP) is 1.31. The zero-order valence-electron chi connectivity index (χ0n) is 9.04. The van der Waals surface area contributed by atoms with Crippen molar-refractivity contribution in [1.29, 1.82) is 0 Å². The molecular weight excluding hydrogens is 206 g/mol.